The first-order valence-electron chi connectivity index (χ1n) is 6.25. The highest BCUT2D eigenvalue weighted by molar-refractivity contribution is 8.00. The molecule has 0 bridgehead atoms. The molecule has 0 aliphatic rings. The van der Waals surface area contributed by atoms with Crippen LogP contribution in [0.25, 0.3) is 0 Å². The molecule has 1 aromatic heterocycles. The van der Waals surface area contributed by atoms with Crippen LogP contribution in [0.1, 0.15) is 6.92 Å². The van der Waals surface area contributed by atoms with Crippen molar-refractivity contribution in [2.24, 2.45) is 0 Å². The summed E-state index contributed by atoms with van der Waals surface area (Å²) in [5.41, 5.74) is 0. The average Bonchev–Trinajstić information content (AvgIpc) is 2.94. The summed E-state index contributed by atoms with van der Waals surface area (Å²) in [7, 11) is 0. The number of nitrogens with one attached hydrogen (secondary N) is 1. The fourth-order valence-electron chi connectivity index (χ4n) is 1.49. The van der Waals surface area contributed by atoms with Gasteiger partial charge in [-0.25, -0.2) is 0 Å². The number of aromatic nitrogens is 2. The minimum Gasteiger partial charge on any atom is -0.490 e. The molecule has 0 spiro atoms. The highest BCUT2D eigenvalue weighted by Crippen LogP contribution is 2.26. The second-order valence-corrected chi connectivity index (χ2v) is 5.82. The molecular formula is C13H15N3O3S2. The van der Waals surface area contributed by atoms with Gasteiger partial charge < -0.3 is 9.47 Å². The molecule has 2 aromatic rings. The van der Waals surface area contributed by atoms with E-state index >= 15 is 0 Å². The van der Waals surface area contributed by atoms with Crippen LogP contribution in [0.5, 0.6) is 11.5 Å². The summed E-state index contributed by atoms with van der Waals surface area (Å²) >= 11 is 2.80. The summed E-state index contributed by atoms with van der Waals surface area (Å²) < 4.78 is 11.7. The summed E-state index contributed by atoms with van der Waals surface area (Å²) in [4.78, 5) is 11.8. The Kier molecular flexibility index (Phi) is 5.82. The van der Waals surface area contributed by atoms with Gasteiger partial charge in [0.05, 0.1) is 6.61 Å². The van der Waals surface area contributed by atoms with E-state index in [4.69, 9.17) is 9.47 Å². The van der Waals surface area contributed by atoms with Gasteiger partial charge in [-0.05, 0) is 25.3 Å². The third-order valence-electron chi connectivity index (χ3n) is 2.34. The Labute approximate surface area is 130 Å². The maximum Gasteiger partial charge on any atom is 0.264 e. The number of nitrogens with zero attached hydrogens (tertiary/aromatic N) is 2. The summed E-state index contributed by atoms with van der Waals surface area (Å²) in [6.07, 6.45) is 1.90. The van der Waals surface area contributed by atoms with Crippen LogP contribution in [0, 0.1) is 0 Å². The summed E-state index contributed by atoms with van der Waals surface area (Å²) in [6, 6.07) is 7.23. The second kappa shape index (κ2) is 7.84. The molecule has 1 N–H and O–H groups in total. The monoisotopic (exact) mass is 325 g/mol. The number of ether oxygens (including phenoxy) is 2. The first-order chi connectivity index (χ1) is 10.2. The fourth-order valence-corrected chi connectivity index (χ4v) is 2.67. The van der Waals surface area contributed by atoms with Gasteiger partial charge in [0.1, 0.15) is 0 Å². The molecule has 0 aliphatic heterocycles. The molecule has 0 fully saturated rings. The number of anilines is 1. The number of thioether (sulfide) groups is 1. The van der Waals surface area contributed by atoms with Crippen LogP contribution in [0.2, 0.25) is 0 Å². The first-order valence-corrected chi connectivity index (χ1v) is 8.29. The summed E-state index contributed by atoms with van der Waals surface area (Å²) in [5, 5.41) is 10.9. The molecule has 0 radical (unpaired) electrons. The highest BCUT2D eigenvalue weighted by Gasteiger charge is 2.10. The van der Waals surface area contributed by atoms with Crippen LogP contribution in [0.4, 0.5) is 5.13 Å². The molecule has 1 amide bonds. The van der Waals surface area contributed by atoms with Gasteiger partial charge in [-0.3, -0.25) is 10.1 Å². The molecule has 0 aliphatic carbocycles. The first kappa shape index (κ1) is 15.6. The van der Waals surface area contributed by atoms with E-state index < -0.39 is 0 Å². The molecule has 6 nitrogen and oxygen atoms in total. The van der Waals surface area contributed by atoms with Crippen LogP contribution < -0.4 is 14.8 Å². The Morgan fingerprint density at radius 2 is 2.00 bits per heavy atom. The Bertz CT molecular complexity index is 604. The second-order valence-electron chi connectivity index (χ2n) is 3.79. The van der Waals surface area contributed by atoms with E-state index in [0.717, 1.165) is 4.34 Å². The zero-order chi connectivity index (χ0) is 15.1. The topological polar surface area (TPSA) is 73.3 Å². The van der Waals surface area contributed by atoms with Crippen molar-refractivity contribution in [3.8, 4) is 11.5 Å². The number of rotatable bonds is 7. The van der Waals surface area contributed by atoms with Gasteiger partial charge in [0.15, 0.2) is 22.4 Å². The lowest BCUT2D eigenvalue weighted by molar-refractivity contribution is -0.118. The van der Waals surface area contributed by atoms with Gasteiger partial charge in [-0.2, -0.15) is 0 Å². The highest BCUT2D eigenvalue weighted by atomic mass is 32.2. The van der Waals surface area contributed by atoms with E-state index in [1.165, 1.54) is 23.1 Å². The third kappa shape index (κ3) is 4.61. The molecule has 1 aromatic carbocycles. The minimum absolute atomic E-state index is 0.113. The van der Waals surface area contributed by atoms with Crippen LogP contribution in [-0.2, 0) is 4.79 Å². The largest absolute Gasteiger partial charge is 0.490 e. The molecule has 2 rings (SSSR count). The van der Waals surface area contributed by atoms with E-state index in [-0.39, 0.29) is 12.5 Å². The molecule has 0 unspecified atom stereocenters. The lowest BCUT2D eigenvalue weighted by Crippen LogP contribution is -2.20. The Morgan fingerprint density at radius 1 is 1.29 bits per heavy atom. The number of amides is 1. The van der Waals surface area contributed by atoms with Crippen LogP contribution in [0.15, 0.2) is 28.6 Å². The molecule has 0 saturated carbocycles. The molecule has 0 saturated heterocycles. The Morgan fingerprint density at radius 3 is 2.62 bits per heavy atom. The Hall–Kier alpha value is -1.80. The van der Waals surface area contributed by atoms with Crippen LogP contribution in [-0.4, -0.2) is 35.6 Å². The predicted octanol–water partition coefficient (Wildman–Crippen LogP) is 2.68. The van der Waals surface area contributed by atoms with Gasteiger partial charge in [0, 0.05) is 0 Å². The maximum atomic E-state index is 11.8. The number of hydrogen-bond acceptors (Lipinski definition) is 7. The molecule has 8 heteroatoms. The average molecular weight is 325 g/mol. The lowest BCUT2D eigenvalue weighted by atomic mass is 10.3. The Balaban J connectivity index is 1.89. The molecule has 112 valence electrons. The standard InChI is InChI=1S/C13H15N3O3S2/c1-3-18-9-6-4-5-7-10(9)19-8-11(17)14-12-15-16-13(20-2)21-12/h4-7H,3,8H2,1-2H3,(H,14,15,17). The lowest BCUT2D eigenvalue weighted by Gasteiger charge is -2.10. The van der Waals surface area contributed by atoms with E-state index in [0.29, 0.717) is 23.2 Å². The normalized spacial score (nSPS) is 10.2. The quantitative estimate of drug-likeness (QED) is 0.623. The zero-order valence-corrected chi connectivity index (χ0v) is 13.3. The van der Waals surface area contributed by atoms with Gasteiger partial charge in [0.2, 0.25) is 5.13 Å². The van der Waals surface area contributed by atoms with E-state index in [1.54, 1.807) is 12.1 Å². The van der Waals surface area contributed by atoms with E-state index in [2.05, 4.69) is 15.5 Å². The number of hydrogen-bond donors (Lipinski definition) is 1. The number of benzene rings is 1. The van der Waals surface area contributed by atoms with Crippen molar-refractivity contribution in [1.82, 2.24) is 10.2 Å². The van der Waals surface area contributed by atoms with Gasteiger partial charge in [-0.1, -0.05) is 35.2 Å². The number of para-hydroxylation sites is 2. The van der Waals surface area contributed by atoms with E-state index in [9.17, 15) is 4.79 Å². The predicted molar refractivity (Wildman–Crippen MR) is 83.4 cm³/mol. The summed E-state index contributed by atoms with van der Waals surface area (Å²) in [6.45, 7) is 2.31. The van der Waals surface area contributed by atoms with Crippen LogP contribution >= 0.6 is 23.1 Å². The van der Waals surface area contributed by atoms with Crippen molar-refractivity contribution in [2.75, 3.05) is 24.8 Å². The third-order valence-corrected chi connectivity index (χ3v) is 4.15. The maximum absolute atomic E-state index is 11.8. The van der Waals surface area contributed by atoms with Crippen molar-refractivity contribution in [2.45, 2.75) is 11.3 Å². The molecular weight excluding hydrogens is 310 g/mol. The van der Waals surface area contributed by atoms with Gasteiger partial charge in [0.25, 0.3) is 5.91 Å². The van der Waals surface area contributed by atoms with E-state index in [1.807, 2.05) is 25.3 Å². The fraction of sp³-hybridized carbons (Fsp3) is 0.308. The van der Waals surface area contributed by atoms with Crippen LogP contribution in [0.3, 0.4) is 0 Å². The van der Waals surface area contributed by atoms with Crippen molar-refractivity contribution in [3.05, 3.63) is 24.3 Å². The van der Waals surface area contributed by atoms with Crippen molar-refractivity contribution < 1.29 is 14.3 Å². The van der Waals surface area contributed by atoms with Crippen molar-refractivity contribution >= 4 is 34.1 Å². The number of carbonyl (C=O) groups is 1. The SMILES string of the molecule is CCOc1ccccc1OCC(=O)Nc1nnc(SC)s1. The minimum atomic E-state index is -0.287. The molecule has 0 atom stereocenters. The molecule has 1 heterocycles. The van der Waals surface area contributed by atoms with Gasteiger partial charge in [-0.15, -0.1) is 10.2 Å². The molecule has 21 heavy (non-hydrogen) atoms. The zero-order valence-electron chi connectivity index (χ0n) is 11.7. The van der Waals surface area contributed by atoms with Crippen molar-refractivity contribution in [3.63, 3.8) is 0 Å². The number of carbonyl (C=O) groups excluding carboxylic acids is 1. The summed E-state index contributed by atoms with van der Waals surface area (Å²) in [5.74, 6) is 0.870. The van der Waals surface area contributed by atoms with Crippen molar-refractivity contribution in [1.29, 1.82) is 0 Å². The smallest absolute Gasteiger partial charge is 0.264 e. The van der Waals surface area contributed by atoms with Gasteiger partial charge >= 0.3 is 0 Å².